The molecule has 4 rings (SSSR count). The molecule has 29 heavy (non-hydrogen) atoms. The quantitative estimate of drug-likeness (QED) is 0.578. The minimum absolute atomic E-state index is 0. The van der Waals surface area contributed by atoms with E-state index in [2.05, 4.69) is 30.5 Å². The first-order valence-corrected chi connectivity index (χ1v) is 9.63. The summed E-state index contributed by atoms with van der Waals surface area (Å²) >= 11 is 0. The third kappa shape index (κ3) is 5.48. The molecule has 2 aromatic carbocycles. The summed E-state index contributed by atoms with van der Waals surface area (Å²) in [5, 5.41) is 6.55. The number of rotatable bonds is 7. The van der Waals surface area contributed by atoms with Crippen LogP contribution in [-0.4, -0.2) is 34.6 Å². The highest BCUT2D eigenvalue weighted by Crippen LogP contribution is 2.23. The van der Waals surface area contributed by atoms with Crippen molar-refractivity contribution in [3.05, 3.63) is 54.6 Å². The van der Waals surface area contributed by atoms with E-state index >= 15 is 0 Å². The van der Waals surface area contributed by atoms with Crippen LogP contribution in [0.2, 0.25) is 0 Å². The largest absolute Gasteiger partial charge is 0.494 e. The Bertz CT molecular complexity index is 901. The van der Waals surface area contributed by atoms with Gasteiger partial charge in [0.1, 0.15) is 5.75 Å². The van der Waals surface area contributed by atoms with Gasteiger partial charge in [0.2, 0.25) is 17.8 Å². The van der Waals surface area contributed by atoms with Crippen molar-refractivity contribution in [2.24, 2.45) is 0 Å². The lowest BCUT2D eigenvalue weighted by atomic mass is 10.3. The maximum absolute atomic E-state index is 5.50. The van der Waals surface area contributed by atoms with Crippen molar-refractivity contribution in [2.75, 3.05) is 35.2 Å². The van der Waals surface area contributed by atoms with Crippen LogP contribution < -0.4 is 20.3 Å². The maximum Gasteiger partial charge on any atom is 0.233 e. The summed E-state index contributed by atoms with van der Waals surface area (Å²) < 4.78 is 5.50. The van der Waals surface area contributed by atoms with Crippen molar-refractivity contribution in [3.8, 4) is 5.75 Å². The minimum Gasteiger partial charge on any atom is -0.494 e. The number of nitrogens with zero attached hydrogens (tertiary/aromatic N) is 4. The van der Waals surface area contributed by atoms with E-state index in [0.717, 1.165) is 43.1 Å². The molecule has 0 amide bonds. The van der Waals surface area contributed by atoms with Crippen molar-refractivity contribution < 1.29 is 4.74 Å². The normalized spacial score (nSPS) is 12.9. The Morgan fingerprint density at radius 1 is 0.828 bits per heavy atom. The molecule has 1 fully saturated rings. The minimum atomic E-state index is 0. The van der Waals surface area contributed by atoms with Gasteiger partial charge in [0, 0.05) is 24.5 Å². The number of anilines is 5. The summed E-state index contributed by atoms with van der Waals surface area (Å²) in [6.07, 6.45) is 2.32. The molecule has 1 aliphatic heterocycles. The molecular formula is C21H25ClN6O. The van der Waals surface area contributed by atoms with E-state index in [0.29, 0.717) is 24.5 Å². The molecule has 2 N–H and O–H groups in total. The first-order valence-electron chi connectivity index (χ1n) is 9.63. The first-order chi connectivity index (χ1) is 13.8. The molecule has 0 unspecified atom stereocenters. The number of hydrogen-bond acceptors (Lipinski definition) is 7. The van der Waals surface area contributed by atoms with E-state index in [1.165, 1.54) is 0 Å². The monoisotopic (exact) mass is 412 g/mol. The third-order valence-electron chi connectivity index (χ3n) is 4.46. The molecular weight excluding hydrogens is 388 g/mol. The second-order valence-corrected chi connectivity index (χ2v) is 6.55. The molecule has 1 aromatic heterocycles. The molecule has 0 radical (unpaired) electrons. The molecule has 152 valence electrons. The molecule has 3 aromatic rings. The fourth-order valence-electron chi connectivity index (χ4n) is 3.12. The summed E-state index contributed by atoms with van der Waals surface area (Å²) in [5.41, 5.74) is 1.83. The van der Waals surface area contributed by atoms with Crippen molar-refractivity contribution in [2.45, 2.75) is 19.8 Å². The van der Waals surface area contributed by atoms with Crippen LogP contribution in [0.5, 0.6) is 5.75 Å². The second kappa shape index (κ2) is 9.93. The topological polar surface area (TPSA) is 75.2 Å². The van der Waals surface area contributed by atoms with Gasteiger partial charge in [-0.1, -0.05) is 18.2 Å². The van der Waals surface area contributed by atoms with Gasteiger partial charge in [-0.15, -0.1) is 12.4 Å². The zero-order valence-corrected chi connectivity index (χ0v) is 17.2. The lowest BCUT2D eigenvalue weighted by Crippen LogP contribution is -2.21. The standard InChI is InChI=1S/C21H24N6O.ClH/c1-2-28-18-12-10-17(11-13-18)23-20-24-19(22-16-8-4-3-5-9-16)25-21(26-20)27-14-6-7-15-27;/h3-5,8-13H,2,6-7,14-15H2,1H3,(H2,22,23,24,25,26);1H. The van der Waals surface area contributed by atoms with Crippen LogP contribution >= 0.6 is 12.4 Å². The Morgan fingerprint density at radius 2 is 1.41 bits per heavy atom. The predicted octanol–water partition coefficient (Wildman–Crippen LogP) is 4.78. The van der Waals surface area contributed by atoms with Crippen molar-refractivity contribution in [3.63, 3.8) is 0 Å². The van der Waals surface area contributed by atoms with Crippen LogP contribution in [0.15, 0.2) is 54.6 Å². The highest BCUT2D eigenvalue weighted by Gasteiger charge is 2.17. The fraction of sp³-hybridized carbons (Fsp3) is 0.286. The molecule has 7 nitrogen and oxygen atoms in total. The molecule has 1 aliphatic rings. The zero-order chi connectivity index (χ0) is 19.2. The molecule has 8 heteroatoms. The predicted molar refractivity (Wildman–Crippen MR) is 119 cm³/mol. The van der Waals surface area contributed by atoms with Gasteiger partial charge in [0.25, 0.3) is 0 Å². The van der Waals surface area contributed by atoms with E-state index in [1.54, 1.807) is 0 Å². The number of hydrogen-bond donors (Lipinski definition) is 2. The number of ether oxygens (including phenoxy) is 1. The number of halogens is 1. The van der Waals surface area contributed by atoms with E-state index in [-0.39, 0.29) is 12.4 Å². The van der Waals surface area contributed by atoms with Gasteiger partial charge >= 0.3 is 0 Å². The molecule has 0 atom stereocenters. The van der Waals surface area contributed by atoms with Crippen molar-refractivity contribution in [1.82, 2.24) is 15.0 Å². The van der Waals surface area contributed by atoms with Gasteiger partial charge in [0.15, 0.2) is 0 Å². The Hall–Kier alpha value is -3.06. The average molecular weight is 413 g/mol. The number of benzene rings is 2. The first kappa shape index (κ1) is 20.7. The van der Waals surface area contributed by atoms with Gasteiger partial charge < -0.3 is 20.3 Å². The van der Waals surface area contributed by atoms with Gasteiger partial charge in [-0.3, -0.25) is 0 Å². The Labute approximate surface area is 177 Å². The second-order valence-electron chi connectivity index (χ2n) is 6.55. The van der Waals surface area contributed by atoms with Crippen molar-refractivity contribution >= 4 is 41.6 Å². The number of para-hydroxylation sites is 1. The summed E-state index contributed by atoms with van der Waals surface area (Å²) in [7, 11) is 0. The van der Waals surface area contributed by atoms with E-state index in [4.69, 9.17) is 4.74 Å². The average Bonchev–Trinajstić information content (AvgIpc) is 3.25. The van der Waals surface area contributed by atoms with Crippen molar-refractivity contribution in [1.29, 1.82) is 0 Å². The Balaban J connectivity index is 0.00000240. The molecule has 0 spiro atoms. The van der Waals surface area contributed by atoms with E-state index in [9.17, 15) is 0 Å². The van der Waals surface area contributed by atoms with Gasteiger partial charge in [-0.25, -0.2) is 0 Å². The number of aromatic nitrogens is 3. The molecule has 0 bridgehead atoms. The van der Waals surface area contributed by atoms with Crippen LogP contribution in [0.25, 0.3) is 0 Å². The van der Waals surface area contributed by atoms with E-state index < -0.39 is 0 Å². The van der Waals surface area contributed by atoms with Crippen LogP contribution in [0.1, 0.15) is 19.8 Å². The SMILES string of the molecule is CCOc1ccc(Nc2nc(Nc3ccccc3)nc(N3CCCC3)n2)cc1.Cl. The summed E-state index contributed by atoms with van der Waals surface area (Å²) in [4.78, 5) is 16.0. The highest BCUT2D eigenvalue weighted by molar-refractivity contribution is 5.85. The van der Waals surface area contributed by atoms with Gasteiger partial charge in [-0.2, -0.15) is 15.0 Å². The third-order valence-corrected chi connectivity index (χ3v) is 4.46. The fourth-order valence-corrected chi connectivity index (χ4v) is 3.12. The maximum atomic E-state index is 5.50. The smallest absolute Gasteiger partial charge is 0.233 e. The molecule has 0 saturated carbocycles. The van der Waals surface area contributed by atoms with Crippen LogP contribution in [0.3, 0.4) is 0 Å². The molecule has 1 saturated heterocycles. The molecule has 0 aliphatic carbocycles. The summed E-state index contributed by atoms with van der Waals surface area (Å²) in [5.74, 6) is 2.57. The van der Waals surface area contributed by atoms with Crippen LogP contribution in [0, 0.1) is 0 Å². The Kier molecular flexibility index (Phi) is 7.08. The van der Waals surface area contributed by atoms with Gasteiger partial charge in [-0.05, 0) is 56.2 Å². The van der Waals surface area contributed by atoms with Crippen LogP contribution in [0.4, 0.5) is 29.2 Å². The van der Waals surface area contributed by atoms with Gasteiger partial charge in [0.05, 0.1) is 6.61 Å². The number of nitrogens with one attached hydrogen (secondary N) is 2. The molecule has 2 heterocycles. The lowest BCUT2D eigenvalue weighted by Gasteiger charge is -2.17. The lowest BCUT2D eigenvalue weighted by molar-refractivity contribution is 0.340. The summed E-state index contributed by atoms with van der Waals surface area (Å²) in [6.45, 7) is 4.56. The summed E-state index contributed by atoms with van der Waals surface area (Å²) in [6, 6.07) is 17.7. The van der Waals surface area contributed by atoms with E-state index in [1.807, 2.05) is 61.5 Å². The Morgan fingerprint density at radius 3 is 2.00 bits per heavy atom. The highest BCUT2D eigenvalue weighted by atomic mass is 35.5. The zero-order valence-electron chi connectivity index (χ0n) is 16.3. The van der Waals surface area contributed by atoms with Crippen LogP contribution in [-0.2, 0) is 0 Å².